The number of hydrogen-bond donors (Lipinski definition) is 0. The van der Waals surface area contributed by atoms with Crippen LogP contribution in [0.15, 0.2) is 186 Å². The van der Waals surface area contributed by atoms with Crippen molar-refractivity contribution in [1.82, 2.24) is 4.57 Å². The summed E-state index contributed by atoms with van der Waals surface area (Å²) in [5.74, 6) is 0.239. The minimum atomic E-state index is 0.239. The molecule has 0 saturated carbocycles. The zero-order valence-corrected chi connectivity index (χ0v) is 29.2. The number of rotatable bonds is 4. The lowest BCUT2D eigenvalue weighted by molar-refractivity contribution is 0.669. The Hall–Kier alpha value is -6.64. The highest BCUT2D eigenvalue weighted by molar-refractivity contribution is 6.11. The third-order valence-corrected chi connectivity index (χ3v) is 11.4. The van der Waals surface area contributed by atoms with Crippen molar-refractivity contribution in [2.24, 2.45) is 0 Å². The van der Waals surface area contributed by atoms with E-state index in [0.717, 1.165) is 29.6 Å². The lowest BCUT2D eigenvalue weighted by Crippen LogP contribution is -2.03. The van der Waals surface area contributed by atoms with Crippen LogP contribution in [0.25, 0.3) is 82.8 Å². The van der Waals surface area contributed by atoms with E-state index in [1.54, 1.807) is 0 Å². The second-order valence-electron chi connectivity index (χ2n) is 14.4. The topological polar surface area (TPSA) is 18.1 Å². The first-order valence-corrected chi connectivity index (χ1v) is 18.6. The molecule has 250 valence electrons. The highest BCUT2D eigenvalue weighted by atomic mass is 16.3. The average molecular weight is 678 g/mol. The first kappa shape index (κ1) is 30.0. The molecule has 8 aromatic carbocycles. The van der Waals surface area contributed by atoms with Crippen LogP contribution < -0.4 is 0 Å². The Morgan fingerprint density at radius 1 is 0.453 bits per heavy atom. The van der Waals surface area contributed by atoms with E-state index in [1.165, 1.54) is 82.8 Å². The predicted octanol–water partition coefficient (Wildman–Crippen LogP) is 13.8. The van der Waals surface area contributed by atoms with Gasteiger partial charge in [0.2, 0.25) is 0 Å². The van der Waals surface area contributed by atoms with Crippen LogP contribution in [0.1, 0.15) is 29.0 Å². The summed E-state index contributed by atoms with van der Waals surface area (Å²) in [4.78, 5) is 0. The quantitative estimate of drug-likeness (QED) is 0.181. The number of aryl methyl sites for hydroxylation is 1. The molecule has 0 saturated heterocycles. The van der Waals surface area contributed by atoms with Gasteiger partial charge in [-0.15, -0.1) is 0 Å². The maximum atomic E-state index is 6.55. The van der Waals surface area contributed by atoms with Gasteiger partial charge in [0.1, 0.15) is 11.2 Å². The number of para-hydroxylation sites is 3. The van der Waals surface area contributed by atoms with Gasteiger partial charge in [-0.2, -0.15) is 0 Å². The van der Waals surface area contributed by atoms with E-state index in [2.05, 4.69) is 187 Å². The molecule has 0 radical (unpaired) electrons. The van der Waals surface area contributed by atoms with Crippen molar-refractivity contribution in [3.05, 3.63) is 199 Å². The Balaban J connectivity index is 1.05. The molecule has 0 spiro atoms. The molecule has 2 heterocycles. The average Bonchev–Trinajstić information content (AvgIpc) is 3.71. The van der Waals surface area contributed by atoms with E-state index in [0.29, 0.717) is 0 Å². The summed E-state index contributed by atoms with van der Waals surface area (Å²) in [7, 11) is 0. The number of nitrogens with zero attached hydrogens (tertiary/aromatic N) is 1. The lowest BCUT2D eigenvalue weighted by atomic mass is 9.84. The summed E-state index contributed by atoms with van der Waals surface area (Å²) < 4.78 is 8.94. The van der Waals surface area contributed by atoms with E-state index in [-0.39, 0.29) is 5.92 Å². The molecule has 2 nitrogen and oxygen atoms in total. The first-order chi connectivity index (χ1) is 26.3. The second kappa shape index (κ2) is 12.0. The van der Waals surface area contributed by atoms with Crippen LogP contribution >= 0.6 is 0 Å². The van der Waals surface area contributed by atoms with Crippen LogP contribution in [-0.4, -0.2) is 4.57 Å². The van der Waals surface area contributed by atoms with Gasteiger partial charge in [-0.1, -0.05) is 127 Å². The molecule has 0 bridgehead atoms. The van der Waals surface area contributed by atoms with Gasteiger partial charge >= 0.3 is 0 Å². The van der Waals surface area contributed by atoms with Crippen molar-refractivity contribution in [3.8, 4) is 39.1 Å². The Bertz CT molecular complexity index is 3000. The number of aromatic nitrogens is 1. The Kier molecular flexibility index (Phi) is 6.78. The lowest BCUT2D eigenvalue weighted by Gasteiger charge is -2.20. The minimum absolute atomic E-state index is 0.239. The standard InChI is InChI=1S/C51H35NO/c1-3-13-33(14-4-1)45-31-37(32-47-43-20-10-12-22-50(43)53-51(45)47)39-27-25-34-23-24-35(29-44(34)41-18-8-7-17-40(39)41)36-26-28-49-46(30-36)42-19-9-11-21-48(42)52(49)38-15-5-2-6-16-38/h1-24,26,28-32,39H,25,27H2. The van der Waals surface area contributed by atoms with E-state index in [9.17, 15) is 0 Å². The largest absolute Gasteiger partial charge is 0.455 e. The van der Waals surface area contributed by atoms with Gasteiger partial charge in [0.15, 0.2) is 0 Å². The fraction of sp³-hybridized carbons (Fsp3) is 0.0588. The Morgan fingerprint density at radius 2 is 1.15 bits per heavy atom. The van der Waals surface area contributed by atoms with Gasteiger partial charge in [-0.25, -0.2) is 0 Å². The maximum Gasteiger partial charge on any atom is 0.143 e. The third-order valence-electron chi connectivity index (χ3n) is 11.4. The smallest absolute Gasteiger partial charge is 0.143 e. The molecule has 0 aliphatic heterocycles. The third kappa shape index (κ3) is 4.80. The fourth-order valence-electron chi connectivity index (χ4n) is 8.96. The summed E-state index contributed by atoms with van der Waals surface area (Å²) in [6.45, 7) is 0. The van der Waals surface area contributed by atoms with Crippen molar-refractivity contribution in [2.75, 3.05) is 0 Å². The number of fused-ring (bicyclic) bond motifs is 9. The number of furan rings is 1. The van der Waals surface area contributed by atoms with Gasteiger partial charge in [-0.05, 0) is 112 Å². The molecule has 2 heteroatoms. The molecule has 2 aromatic heterocycles. The number of hydrogen-bond acceptors (Lipinski definition) is 1. The van der Waals surface area contributed by atoms with E-state index >= 15 is 0 Å². The molecule has 11 rings (SSSR count). The van der Waals surface area contributed by atoms with E-state index in [4.69, 9.17) is 4.42 Å². The van der Waals surface area contributed by atoms with Gasteiger partial charge in [0.25, 0.3) is 0 Å². The summed E-state index contributed by atoms with van der Waals surface area (Å²) >= 11 is 0. The van der Waals surface area contributed by atoms with E-state index < -0.39 is 0 Å². The van der Waals surface area contributed by atoms with Crippen molar-refractivity contribution in [1.29, 1.82) is 0 Å². The fourth-order valence-corrected chi connectivity index (χ4v) is 8.96. The van der Waals surface area contributed by atoms with Crippen LogP contribution in [0.3, 0.4) is 0 Å². The van der Waals surface area contributed by atoms with Crippen LogP contribution in [0.5, 0.6) is 0 Å². The monoisotopic (exact) mass is 677 g/mol. The zero-order chi connectivity index (χ0) is 34.9. The summed E-state index contributed by atoms with van der Waals surface area (Å²) in [5.41, 5.74) is 17.1. The Morgan fingerprint density at radius 3 is 2.04 bits per heavy atom. The molecule has 10 aromatic rings. The maximum absolute atomic E-state index is 6.55. The van der Waals surface area contributed by atoms with Crippen LogP contribution in [0, 0.1) is 0 Å². The molecule has 1 unspecified atom stereocenters. The van der Waals surface area contributed by atoms with Gasteiger partial charge in [0.05, 0.1) is 11.0 Å². The molecule has 0 fully saturated rings. The summed E-state index contributed by atoms with van der Waals surface area (Å²) in [5, 5.41) is 4.89. The van der Waals surface area contributed by atoms with Crippen molar-refractivity contribution in [3.63, 3.8) is 0 Å². The Labute approximate surface area is 308 Å². The van der Waals surface area contributed by atoms with Gasteiger partial charge in [-0.3, -0.25) is 0 Å². The van der Waals surface area contributed by atoms with Crippen LogP contribution in [0.2, 0.25) is 0 Å². The molecular formula is C51H35NO. The summed E-state index contributed by atoms with van der Waals surface area (Å²) in [6.07, 6.45) is 2.03. The zero-order valence-electron chi connectivity index (χ0n) is 29.2. The molecule has 0 amide bonds. The molecule has 1 aliphatic rings. The molecule has 1 aliphatic carbocycles. The van der Waals surface area contributed by atoms with Crippen LogP contribution in [0.4, 0.5) is 0 Å². The molecular weight excluding hydrogens is 643 g/mol. The van der Waals surface area contributed by atoms with Crippen molar-refractivity contribution < 1.29 is 4.42 Å². The van der Waals surface area contributed by atoms with Gasteiger partial charge in [0, 0.05) is 38.7 Å². The van der Waals surface area contributed by atoms with Crippen molar-refractivity contribution >= 4 is 43.7 Å². The molecule has 0 N–H and O–H groups in total. The predicted molar refractivity (Wildman–Crippen MR) is 221 cm³/mol. The molecule has 53 heavy (non-hydrogen) atoms. The van der Waals surface area contributed by atoms with Gasteiger partial charge < -0.3 is 8.98 Å². The highest BCUT2D eigenvalue weighted by Gasteiger charge is 2.26. The van der Waals surface area contributed by atoms with E-state index in [1.807, 2.05) is 0 Å². The normalized spacial score (nSPS) is 14.1. The summed E-state index contributed by atoms with van der Waals surface area (Å²) in [6, 6.07) is 66.6. The first-order valence-electron chi connectivity index (χ1n) is 18.6. The SMILES string of the molecule is c1ccc(-c2cc(C3CCc4ccc(-c5ccc6c(c5)c5ccccc5n6-c5ccccc5)cc4-c4ccccc43)cc3c2oc2ccccc23)cc1. The van der Waals surface area contributed by atoms with Crippen LogP contribution in [-0.2, 0) is 6.42 Å². The molecule has 1 atom stereocenters. The van der Waals surface area contributed by atoms with Crippen molar-refractivity contribution in [2.45, 2.75) is 18.8 Å². The number of benzene rings is 8. The highest BCUT2D eigenvalue weighted by Crippen LogP contribution is 2.46. The second-order valence-corrected chi connectivity index (χ2v) is 14.4. The minimum Gasteiger partial charge on any atom is -0.455 e.